The van der Waals surface area contributed by atoms with E-state index in [1.807, 2.05) is 0 Å². The van der Waals surface area contributed by atoms with E-state index < -0.39 is 0 Å². The highest BCUT2D eigenvalue weighted by Gasteiger charge is 2.22. The molecular formula is C17H20N2O. The second-order valence-corrected chi connectivity index (χ2v) is 5.13. The van der Waals surface area contributed by atoms with Crippen LogP contribution in [-0.2, 0) is 12.8 Å². The SMILES string of the molecule is CCc1ccc(C(NN)c2cccc3c2OCC3)cc1. The first-order valence-corrected chi connectivity index (χ1v) is 7.13. The highest BCUT2D eigenvalue weighted by Crippen LogP contribution is 2.35. The Kier molecular flexibility index (Phi) is 3.72. The van der Waals surface area contributed by atoms with Crippen molar-refractivity contribution in [1.29, 1.82) is 0 Å². The maximum atomic E-state index is 5.80. The zero-order valence-electron chi connectivity index (χ0n) is 11.7. The monoisotopic (exact) mass is 268 g/mol. The molecule has 0 fully saturated rings. The van der Waals surface area contributed by atoms with Gasteiger partial charge in [0.2, 0.25) is 0 Å². The molecule has 20 heavy (non-hydrogen) atoms. The summed E-state index contributed by atoms with van der Waals surface area (Å²) in [6.07, 6.45) is 2.03. The van der Waals surface area contributed by atoms with Crippen molar-refractivity contribution in [2.45, 2.75) is 25.8 Å². The van der Waals surface area contributed by atoms with Gasteiger partial charge in [0.05, 0.1) is 12.6 Å². The lowest BCUT2D eigenvalue weighted by atomic mass is 9.95. The van der Waals surface area contributed by atoms with E-state index in [2.05, 4.69) is 54.8 Å². The Bertz CT molecular complexity index is 592. The number of hydrogen-bond donors (Lipinski definition) is 2. The van der Waals surface area contributed by atoms with Crippen molar-refractivity contribution in [2.75, 3.05) is 6.61 Å². The van der Waals surface area contributed by atoms with Crippen LogP contribution in [0.15, 0.2) is 42.5 Å². The third-order valence-corrected chi connectivity index (χ3v) is 3.94. The van der Waals surface area contributed by atoms with Gasteiger partial charge in [0.15, 0.2) is 0 Å². The smallest absolute Gasteiger partial charge is 0.127 e. The second kappa shape index (κ2) is 5.65. The molecule has 0 bridgehead atoms. The molecule has 104 valence electrons. The molecule has 0 radical (unpaired) electrons. The zero-order chi connectivity index (χ0) is 13.9. The quantitative estimate of drug-likeness (QED) is 0.662. The number of rotatable bonds is 4. The number of aryl methyl sites for hydroxylation is 1. The highest BCUT2D eigenvalue weighted by molar-refractivity contribution is 5.48. The van der Waals surface area contributed by atoms with E-state index in [1.165, 1.54) is 11.1 Å². The van der Waals surface area contributed by atoms with Gasteiger partial charge in [0.25, 0.3) is 0 Å². The van der Waals surface area contributed by atoms with Crippen LogP contribution in [0.25, 0.3) is 0 Å². The first-order chi connectivity index (χ1) is 9.83. The Hall–Kier alpha value is -1.84. The number of hydrogen-bond acceptors (Lipinski definition) is 3. The van der Waals surface area contributed by atoms with Crippen LogP contribution in [0.1, 0.15) is 35.2 Å². The summed E-state index contributed by atoms with van der Waals surface area (Å²) < 4.78 is 5.78. The molecule has 1 aliphatic rings. The Labute approximate surface area is 119 Å². The van der Waals surface area contributed by atoms with Crippen LogP contribution in [-0.4, -0.2) is 6.61 Å². The first kappa shape index (κ1) is 13.2. The molecule has 2 aromatic rings. The lowest BCUT2D eigenvalue weighted by Crippen LogP contribution is -2.29. The number of hydrazine groups is 1. The second-order valence-electron chi connectivity index (χ2n) is 5.13. The summed E-state index contributed by atoms with van der Waals surface area (Å²) in [4.78, 5) is 0. The number of benzene rings is 2. The molecule has 3 heteroatoms. The summed E-state index contributed by atoms with van der Waals surface area (Å²) in [6, 6.07) is 14.8. The minimum atomic E-state index is -0.0334. The molecule has 0 saturated heterocycles. The van der Waals surface area contributed by atoms with E-state index in [9.17, 15) is 0 Å². The number of ether oxygens (including phenoxy) is 1. The standard InChI is InChI=1S/C17H20N2O/c1-2-12-6-8-13(9-7-12)16(19-18)15-5-3-4-14-10-11-20-17(14)15/h3-9,16,19H,2,10-11,18H2,1H3. The molecule has 0 amide bonds. The van der Waals surface area contributed by atoms with Crippen molar-refractivity contribution in [3.05, 3.63) is 64.7 Å². The van der Waals surface area contributed by atoms with Crippen LogP contribution >= 0.6 is 0 Å². The summed E-state index contributed by atoms with van der Waals surface area (Å²) in [5.74, 6) is 6.79. The average molecular weight is 268 g/mol. The summed E-state index contributed by atoms with van der Waals surface area (Å²) >= 11 is 0. The van der Waals surface area contributed by atoms with Crippen LogP contribution in [0.4, 0.5) is 0 Å². The molecule has 1 aliphatic heterocycles. The molecule has 1 heterocycles. The van der Waals surface area contributed by atoms with Crippen molar-refractivity contribution in [3.8, 4) is 5.75 Å². The predicted octanol–water partition coefficient (Wildman–Crippen LogP) is 2.74. The van der Waals surface area contributed by atoms with Gasteiger partial charge in [0, 0.05) is 12.0 Å². The molecule has 3 nitrogen and oxygen atoms in total. The molecule has 0 spiro atoms. The van der Waals surface area contributed by atoms with Crippen LogP contribution in [0.3, 0.4) is 0 Å². The van der Waals surface area contributed by atoms with Gasteiger partial charge in [-0.05, 0) is 23.1 Å². The van der Waals surface area contributed by atoms with Gasteiger partial charge in [-0.1, -0.05) is 49.4 Å². The van der Waals surface area contributed by atoms with Crippen molar-refractivity contribution in [1.82, 2.24) is 5.43 Å². The van der Waals surface area contributed by atoms with Crippen molar-refractivity contribution in [3.63, 3.8) is 0 Å². The summed E-state index contributed by atoms with van der Waals surface area (Å²) in [6.45, 7) is 2.92. The molecule has 1 unspecified atom stereocenters. The molecule has 0 saturated carbocycles. The van der Waals surface area contributed by atoms with Crippen LogP contribution in [0.5, 0.6) is 5.75 Å². The predicted molar refractivity (Wildman–Crippen MR) is 80.6 cm³/mol. The number of nitrogens with two attached hydrogens (primary N) is 1. The molecule has 2 aromatic carbocycles. The maximum absolute atomic E-state index is 5.80. The Morgan fingerprint density at radius 1 is 1.20 bits per heavy atom. The highest BCUT2D eigenvalue weighted by atomic mass is 16.5. The fourth-order valence-corrected chi connectivity index (χ4v) is 2.78. The van der Waals surface area contributed by atoms with E-state index in [0.29, 0.717) is 0 Å². The van der Waals surface area contributed by atoms with Crippen LogP contribution in [0, 0.1) is 0 Å². The Balaban J connectivity index is 1.99. The van der Waals surface area contributed by atoms with Gasteiger partial charge >= 0.3 is 0 Å². The van der Waals surface area contributed by atoms with Crippen molar-refractivity contribution >= 4 is 0 Å². The third kappa shape index (κ3) is 2.30. The largest absolute Gasteiger partial charge is 0.493 e. The van der Waals surface area contributed by atoms with E-state index in [0.717, 1.165) is 36.3 Å². The van der Waals surface area contributed by atoms with Gasteiger partial charge in [0.1, 0.15) is 5.75 Å². The van der Waals surface area contributed by atoms with E-state index in [4.69, 9.17) is 10.6 Å². The van der Waals surface area contributed by atoms with E-state index >= 15 is 0 Å². The molecule has 3 N–H and O–H groups in total. The summed E-state index contributed by atoms with van der Waals surface area (Å²) in [5.41, 5.74) is 7.80. The lowest BCUT2D eigenvalue weighted by molar-refractivity contribution is 0.350. The minimum Gasteiger partial charge on any atom is -0.493 e. The minimum absolute atomic E-state index is 0.0334. The van der Waals surface area contributed by atoms with Crippen LogP contribution in [0.2, 0.25) is 0 Å². The van der Waals surface area contributed by atoms with E-state index in [1.54, 1.807) is 0 Å². The molecule has 0 aliphatic carbocycles. The summed E-state index contributed by atoms with van der Waals surface area (Å²) in [5, 5.41) is 0. The maximum Gasteiger partial charge on any atom is 0.127 e. The van der Waals surface area contributed by atoms with Gasteiger partial charge < -0.3 is 4.74 Å². The number of para-hydroxylation sites is 1. The fourth-order valence-electron chi connectivity index (χ4n) is 2.78. The molecule has 3 rings (SSSR count). The number of nitrogens with one attached hydrogen (secondary N) is 1. The summed E-state index contributed by atoms with van der Waals surface area (Å²) in [7, 11) is 0. The average Bonchev–Trinajstić information content (AvgIpc) is 2.98. The lowest BCUT2D eigenvalue weighted by Gasteiger charge is -2.19. The first-order valence-electron chi connectivity index (χ1n) is 7.13. The molecule has 0 aromatic heterocycles. The topological polar surface area (TPSA) is 47.3 Å². The van der Waals surface area contributed by atoms with Gasteiger partial charge in [-0.2, -0.15) is 0 Å². The number of fused-ring (bicyclic) bond motifs is 1. The van der Waals surface area contributed by atoms with E-state index in [-0.39, 0.29) is 6.04 Å². The molecule has 1 atom stereocenters. The van der Waals surface area contributed by atoms with Gasteiger partial charge in [-0.15, -0.1) is 0 Å². The Morgan fingerprint density at radius 2 is 2.00 bits per heavy atom. The molecular weight excluding hydrogens is 248 g/mol. The third-order valence-electron chi connectivity index (χ3n) is 3.94. The van der Waals surface area contributed by atoms with Crippen LogP contribution < -0.4 is 16.0 Å². The van der Waals surface area contributed by atoms with Gasteiger partial charge in [-0.25, -0.2) is 5.43 Å². The van der Waals surface area contributed by atoms with Crippen molar-refractivity contribution < 1.29 is 4.74 Å². The normalized spacial score (nSPS) is 14.7. The Morgan fingerprint density at radius 3 is 2.70 bits per heavy atom. The van der Waals surface area contributed by atoms with Gasteiger partial charge in [-0.3, -0.25) is 5.84 Å². The fraction of sp³-hybridized carbons (Fsp3) is 0.294. The zero-order valence-corrected chi connectivity index (χ0v) is 11.7. The van der Waals surface area contributed by atoms with Crippen molar-refractivity contribution in [2.24, 2.45) is 5.84 Å².